The average molecular weight is 352 g/mol. The third-order valence-electron chi connectivity index (χ3n) is 5.66. The van der Waals surface area contributed by atoms with Gasteiger partial charge in [-0.1, -0.05) is 37.3 Å². The standard InChI is InChI=1S/C21H28N4O/c1-21(15-26)10-5-13-25(14-21)20-17-8-11-22-12-9-18(17)23-19(24-20)16-6-3-2-4-7-16/h2-4,6-7,22,26H,5,8-15H2,1H3/t21-/m1/s1. The fourth-order valence-corrected chi connectivity index (χ4v) is 4.13. The van der Waals surface area contributed by atoms with Gasteiger partial charge in [0.15, 0.2) is 5.82 Å². The number of rotatable bonds is 3. The van der Waals surface area contributed by atoms with Crippen molar-refractivity contribution in [3.05, 3.63) is 41.6 Å². The predicted molar refractivity (Wildman–Crippen MR) is 104 cm³/mol. The molecular weight excluding hydrogens is 324 g/mol. The van der Waals surface area contributed by atoms with Gasteiger partial charge < -0.3 is 15.3 Å². The molecule has 5 nitrogen and oxygen atoms in total. The van der Waals surface area contributed by atoms with E-state index in [1.807, 2.05) is 18.2 Å². The van der Waals surface area contributed by atoms with Gasteiger partial charge in [-0.3, -0.25) is 0 Å². The van der Waals surface area contributed by atoms with Gasteiger partial charge in [-0.15, -0.1) is 0 Å². The number of fused-ring (bicyclic) bond motifs is 1. The fourth-order valence-electron chi connectivity index (χ4n) is 4.13. The molecule has 0 unspecified atom stereocenters. The molecule has 2 aromatic rings. The second kappa shape index (κ2) is 7.33. The Bertz CT molecular complexity index is 764. The lowest BCUT2D eigenvalue weighted by molar-refractivity contribution is 0.123. The van der Waals surface area contributed by atoms with Gasteiger partial charge in [0.05, 0.1) is 12.3 Å². The molecule has 1 aromatic heterocycles. The SMILES string of the molecule is C[C@@]1(CO)CCCN(c2nc(-c3ccccc3)nc3c2CCNCC3)C1. The highest BCUT2D eigenvalue weighted by Gasteiger charge is 2.33. The number of nitrogens with one attached hydrogen (secondary N) is 1. The van der Waals surface area contributed by atoms with E-state index in [0.717, 1.165) is 69.1 Å². The second-order valence-electron chi connectivity index (χ2n) is 7.91. The van der Waals surface area contributed by atoms with Crippen molar-refractivity contribution in [1.82, 2.24) is 15.3 Å². The van der Waals surface area contributed by atoms with E-state index >= 15 is 0 Å². The lowest BCUT2D eigenvalue weighted by Gasteiger charge is -2.40. The van der Waals surface area contributed by atoms with Crippen molar-refractivity contribution in [3.8, 4) is 11.4 Å². The predicted octanol–water partition coefficient (Wildman–Crippen LogP) is 2.43. The summed E-state index contributed by atoms with van der Waals surface area (Å²) in [5.74, 6) is 1.90. The molecule has 138 valence electrons. The first kappa shape index (κ1) is 17.4. The van der Waals surface area contributed by atoms with Crippen LogP contribution in [0.3, 0.4) is 0 Å². The molecule has 0 aliphatic carbocycles. The molecule has 2 N–H and O–H groups in total. The van der Waals surface area contributed by atoms with Gasteiger partial charge in [0.1, 0.15) is 5.82 Å². The minimum atomic E-state index is -0.0496. The quantitative estimate of drug-likeness (QED) is 0.888. The van der Waals surface area contributed by atoms with Crippen molar-refractivity contribution >= 4 is 5.82 Å². The minimum Gasteiger partial charge on any atom is -0.396 e. The minimum absolute atomic E-state index is 0.0496. The molecule has 2 aliphatic rings. The second-order valence-corrected chi connectivity index (χ2v) is 7.91. The van der Waals surface area contributed by atoms with E-state index < -0.39 is 0 Å². The first-order valence-corrected chi connectivity index (χ1v) is 9.70. The smallest absolute Gasteiger partial charge is 0.161 e. The molecule has 5 heteroatoms. The van der Waals surface area contributed by atoms with Crippen molar-refractivity contribution in [2.45, 2.75) is 32.6 Å². The molecule has 2 aliphatic heterocycles. The molecule has 0 radical (unpaired) electrons. The van der Waals surface area contributed by atoms with Gasteiger partial charge in [-0.2, -0.15) is 0 Å². The van der Waals surface area contributed by atoms with Crippen LogP contribution in [0.1, 0.15) is 31.0 Å². The maximum atomic E-state index is 9.86. The van der Waals surface area contributed by atoms with Crippen LogP contribution in [0.2, 0.25) is 0 Å². The number of anilines is 1. The first-order valence-electron chi connectivity index (χ1n) is 9.70. The van der Waals surface area contributed by atoms with E-state index in [1.165, 1.54) is 11.3 Å². The molecule has 0 saturated carbocycles. The van der Waals surface area contributed by atoms with Crippen molar-refractivity contribution < 1.29 is 5.11 Å². The van der Waals surface area contributed by atoms with Gasteiger partial charge in [0.25, 0.3) is 0 Å². The van der Waals surface area contributed by atoms with Crippen molar-refractivity contribution in [2.75, 3.05) is 37.7 Å². The van der Waals surface area contributed by atoms with Crippen LogP contribution in [0.25, 0.3) is 11.4 Å². The van der Waals surface area contributed by atoms with Crippen LogP contribution in [-0.4, -0.2) is 47.9 Å². The molecule has 3 heterocycles. The van der Waals surface area contributed by atoms with Crippen LogP contribution in [0.15, 0.2) is 30.3 Å². The van der Waals surface area contributed by atoms with Crippen molar-refractivity contribution in [3.63, 3.8) is 0 Å². The third-order valence-corrected chi connectivity index (χ3v) is 5.66. The Kier molecular flexibility index (Phi) is 4.92. The molecule has 1 saturated heterocycles. The lowest BCUT2D eigenvalue weighted by Crippen LogP contribution is -2.44. The Morgan fingerprint density at radius 1 is 1.15 bits per heavy atom. The molecule has 0 spiro atoms. The summed E-state index contributed by atoms with van der Waals surface area (Å²) >= 11 is 0. The van der Waals surface area contributed by atoms with Crippen LogP contribution in [0, 0.1) is 5.41 Å². The van der Waals surface area contributed by atoms with Crippen molar-refractivity contribution in [1.29, 1.82) is 0 Å². The van der Waals surface area contributed by atoms with Crippen LogP contribution >= 0.6 is 0 Å². The summed E-state index contributed by atoms with van der Waals surface area (Å²) in [7, 11) is 0. The summed E-state index contributed by atoms with van der Waals surface area (Å²) in [5, 5.41) is 13.3. The van der Waals surface area contributed by atoms with Crippen LogP contribution < -0.4 is 10.2 Å². The van der Waals surface area contributed by atoms with E-state index in [4.69, 9.17) is 9.97 Å². The molecular formula is C21H28N4O. The number of hydrogen-bond acceptors (Lipinski definition) is 5. The Balaban J connectivity index is 1.79. The van der Waals surface area contributed by atoms with Gasteiger partial charge in [-0.05, 0) is 25.8 Å². The van der Waals surface area contributed by atoms with E-state index in [2.05, 4.69) is 29.3 Å². The maximum Gasteiger partial charge on any atom is 0.161 e. The normalized spacial score (nSPS) is 23.4. The summed E-state index contributed by atoms with van der Waals surface area (Å²) in [4.78, 5) is 12.3. The number of aromatic nitrogens is 2. The van der Waals surface area contributed by atoms with Crippen LogP contribution in [0.4, 0.5) is 5.82 Å². The van der Waals surface area contributed by atoms with E-state index in [9.17, 15) is 5.11 Å². The zero-order valence-corrected chi connectivity index (χ0v) is 15.5. The van der Waals surface area contributed by atoms with Gasteiger partial charge in [-0.25, -0.2) is 9.97 Å². The average Bonchev–Trinajstić information content (AvgIpc) is 2.93. The van der Waals surface area contributed by atoms with E-state index in [0.29, 0.717) is 0 Å². The summed E-state index contributed by atoms with van der Waals surface area (Å²) < 4.78 is 0. The van der Waals surface area contributed by atoms with Gasteiger partial charge >= 0.3 is 0 Å². The highest BCUT2D eigenvalue weighted by atomic mass is 16.3. The zero-order chi connectivity index (χ0) is 18.0. The molecule has 1 atom stereocenters. The lowest BCUT2D eigenvalue weighted by atomic mass is 9.82. The Hall–Kier alpha value is -1.98. The number of aliphatic hydroxyl groups excluding tert-OH is 1. The van der Waals surface area contributed by atoms with E-state index in [-0.39, 0.29) is 12.0 Å². The van der Waals surface area contributed by atoms with Crippen molar-refractivity contribution in [2.24, 2.45) is 5.41 Å². The zero-order valence-electron chi connectivity index (χ0n) is 15.5. The number of nitrogens with zero attached hydrogens (tertiary/aromatic N) is 3. The highest BCUT2D eigenvalue weighted by molar-refractivity contribution is 5.61. The van der Waals surface area contributed by atoms with Crippen LogP contribution in [0.5, 0.6) is 0 Å². The van der Waals surface area contributed by atoms with Crippen LogP contribution in [-0.2, 0) is 12.8 Å². The van der Waals surface area contributed by atoms with E-state index in [1.54, 1.807) is 0 Å². The summed E-state index contributed by atoms with van der Waals surface area (Å²) in [6, 6.07) is 10.3. The molecule has 26 heavy (non-hydrogen) atoms. The number of benzene rings is 1. The maximum absolute atomic E-state index is 9.86. The molecule has 4 rings (SSSR count). The Morgan fingerprint density at radius 3 is 2.77 bits per heavy atom. The third kappa shape index (κ3) is 3.46. The number of piperidine rings is 1. The number of aliphatic hydroxyl groups is 1. The van der Waals surface area contributed by atoms with Gasteiger partial charge in [0, 0.05) is 42.6 Å². The highest BCUT2D eigenvalue weighted by Crippen LogP contribution is 2.34. The largest absolute Gasteiger partial charge is 0.396 e. The topological polar surface area (TPSA) is 61.3 Å². The Morgan fingerprint density at radius 2 is 1.96 bits per heavy atom. The summed E-state index contributed by atoms with van der Waals surface area (Å²) in [6.45, 7) is 6.20. The first-order chi connectivity index (χ1) is 12.7. The molecule has 1 aromatic carbocycles. The van der Waals surface area contributed by atoms with Gasteiger partial charge in [0.2, 0.25) is 0 Å². The number of hydrogen-bond donors (Lipinski definition) is 2. The Labute approximate surface area is 155 Å². The molecule has 1 fully saturated rings. The molecule has 0 amide bonds. The summed E-state index contributed by atoms with van der Waals surface area (Å²) in [5.41, 5.74) is 3.48. The fraction of sp³-hybridized carbons (Fsp3) is 0.524. The molecule has 0 bridgehead atoms. The monoisotopic (exact) mass is 352 g/mol. The summed E-state index contributed by atoms with van der Waals surface area (Å²) in [6.07, 6.45) is 4.07.